The van der Waals surface area contributed by atoms with Gasteiger partial charge in [-0.2, -0.15) is 5.10 Å². The third-order valence-corrected chi connectivity index (χ3v) is 2.98. The smallest absolute Gasteiger partial charge is 0.0700 e. The SMILES string of the molecule is CC(C)n1nccc1-c1cc(CO)ccc1Cl. The van der Waals surface area contributed by atoms with E-state index in [4.69, 9.17) is 16.7 Å². The molecule has 90 valence electrons. The quantitative estimate of drug-likeness (QED) is 0.908. The van der Waals surface area contributed by atoms with Crippen molar-refractivity contribution in [1.82, 2.24) is 9.78 Å². The first-order chi connectivity index (χ1) is 8.13. The summed E-state index contributed by atoms with van der Waals surface area (Å²) in [5.41, 5.74) is 2.73. The molecule has 1 aromatic heterocycles. The number of hydrogen-bond donors (Lipinski definition) is 1. The van der Waals surface area contributed by atoms with E-state index in [2.05, 4.69) is 18.9 Å². The van der Waals surface area contributed by atoms with E-state index >= 15 is 0 Å². The van der Waals surface area contributed by atoms with Crippen LogP contribution in [-0.4, -0.2) is 14.9 Å². The molecular formula is C13H15ClN2O. The van der Waals surface area contributed by atoms with Gasteiger partial charge in [0.2, 0.25) is 0 Å². The first-order valence-electron chi connectivity index (χ1n) is 5.56. The van der Waals surface area contributed by atoms with Crippen LogP contribution in [0.15, 0.2) is 30.5 Å². The Bertz CT molecular complexity index is 520. The fourth-order valence-electron chi connectivity index (χ4n) is 1.81. The minimum atomic E-state index is 0.0139. The molecule has 1 N–H and O–H groups in total. The maximum Gasteiger partial charge on any atom is 0.0700 e. The van der Waals surface area contributed by atoms with Crippen molar-refractivity contribution in [2.75, 3.05) is 0 Å². The van der Waals surface area contributed by atoms with Crippen LogP contribution in [0.2, 0.25) is 5.02 Å². The van der Waals surface area contributed by atoms with Crippen molar-refractivity contribution in [3.8, 4) is 11.3 Å². The van der Waals surface area contributed by atoms with E-state index in [1.807, 2.05) is 22.9 Å². The molecule has 0 atom stereocenters. The van der Waals surface area contributed by atoms with Gasteiger partial charge in [0.25, 0.3) is 0 Å². The molecule has 0 aliphatic heterocycles. The van der Waals surface area contributed by atoms with Gasteiger partial charge in [-0.25, -0.2) is 0 Å². The summed E-state index contributed by atoms with van der Waals surface area (Å²) >= 11 is 6.20. The van der Waals surface area contributed by atoms with E-state index in [0.29, 0.717) is 5.02 Å². The summed E-state index contributed by atoms with van der Waals surface area (Å²) in [5.74, 6) is 0. The van der Waals surface area contributed by atoms with Crippen LogP contribution in [0.4, 0.5) is 0 Å². The van der Waals surface area contributed by atoms with E-state index in [1.54, 1.807) is 12.3 Å². The van der Waals surface area contributed by atoms with Gasteiger partial charge in [0.1, 0.15) is 0 Å². The van der Waals surface area contributed by atoms with Gasteiger partial charge < -0.3 is 5.11 Å². The molecule has 3 nitrogen and oxygen atoms in total. The topological polar surface area (TPSA) is 38.0 Å². The van der Waals surface area contributed by atoms with Crippen LogP contribution in [0.5, 0.6) is 0 Å². The number of aliphatic hydroxyl groups is 1. The molecule has 0 bridgehead atoms. The molecule has 2 rings (SSSR count). The van der Waals surface area contributed by atoms with Crippen LogP contribution in [0.1, 0.15) is 25.5 Å². The largest absolute Gasteiger partial charge is 0.392 e. The number of rotatable bonds is 3. The van der Waals surface area contributed by atoms with Crippen molar-refractivity contribution in [2.45, 2.75) is 26.5 Å². The van der Waals surface area contributed by atoms with Crippen molar-refractivity contribution >= 4 is 11.6 Å². The molecule has 0 aliphatic carbocycles. The lowest BCUT2D eigenvalue weighted by Gasteiger charge is -2.12. The number of nitrogens with zero attached hydrogens (tertiary/aromatic N) is 2. The van der Waals surface area contributed by atoms with E-state index in [-0.39, 0.29) is 12.6 Å². The summed E-state index contributed by atoms with van der Waals surface area (Å²) in [6, 6.07) is 7.73. The summed E-state index contributed by atoms with van der Waals surface area (Å²) < 4.78 is 1.92. The van der Waals surface area contributed by atoms with Crippen LogP contribution in [0, 0.1) is 0 Å². The third kappa shape index (κ3) is 2.35. The highest BCUT2D eigenvalue weighted by atomic mass is 35.5. The Balaban J connectivity index is 2.55. The van der Waals surface area contributed by atoms with Crippen molar-refractivity contribution in [3.63, 3.8) is 0 Å². The molecular weight excluding hydrogens is 236 g/mol. The second-order valence-electron chi connectivity index (χ2n) is 4.23. The normalized spacial score (nSPS) is 11.1. The summed E-state index contributed by atoms with van der Waals surface area (Å²) in [5, 5.41) is 14.1. The van der Waals surface area contributed by atoms with Crippen LogP contribution in [0.25, 0.3) is 11.3 Å². The summed E-state index contributed by atoms with van der Waals surface area (Å²) in [4.78, 5) is 0. The van der Waals surface area contributed by atoms with Crippen LogP contribution < -0.4 is 0 Å². The number of halogens is 1. The second kappa shape index (κ2) is 4.90. The van der Waals surface area contributed by atoms with Crippen LogP contribution in [0.3, 0.4) is 0 Å². The molecule has 4 heteroatoms. The fourth-order valence-corrected chi connectivity index (χ4v) is 2.02. The molecule has 0 unspecified atom stereocenters. The number of benzene rings is 1. The Morgan fingerprint density at radius 1 is 1.35 bits per heavy atom. The molecule has 0 fully saturated rings. The fraction of sp³-hybridized carbons (Fsp3) is 0.308. The van der Waals surface area contributed by atoms with Gasteiger partial charge >= 0.3 is 0 Å². The average Bonchev–Trinajstić information content (AvgIpc) is 2.78. The molecule has 0 spiro atoms. The van der Waals surface area contributed by atoms with Crippen LogP contribution in [-0.2, 0) is 6.61 Å². The maximum atomic E-state index is 9.16. The Hall–Kier alpha value is -1.32. The summed E-state index contributed by atoms with van der Waals surface area (Å²) in [6.07, 6.45) is 1.76. The molecule has 2 aromatic rings. The Kier molecular flexibility index (Phi) is 3.50. The molecule has 0 radical (unpaired) electrons. The highest BCUT2D eigenvalue weighted by Gasteiger charge is 2.11. The lowest BCUT2D eigenvalue weighted by molar-refractivity contribution is 0.282. The van der Waals surface area contributed by atoms with Gasteiger partial charge in [-0.1, -0.05) is 17.7 Å². The molecule has 1 heterocycles. The van der Waals surface area contributed by atoms with E-state index in [0.717, 1.165) is 16.8 Å². The zero-order valence-electron chi connectivity index (χ0n) is 9.89. The highest BCUT2D eigenvalue weighted by molar-refractivity contribution is 6.33. The number of aromatic nitrogens is 2. The average molecular weight is 251 g/mol. The van der Waals surface area contributed by atoms with E-state index < -0.39 is 0 Å². The van der Waals surface area contributed by atoms with Gasteiger partial charge in [0, 0.05) is 22.8 Å². The zero-order chi connectivity index (χ0) is 12.4. The minimum Gasteiger partial charge on any atom is -0.392 e. The van der Waals surface area contributed by atoms with Gasteiger partial charge in [0.15, 0.2) is 0 Å². The number of hydrogen-bond acceptors (Lipinski definition) is 2. The molecule has 0 amide bonds. The third-order valence-electron chi connectivity index (χ3n) is 2.65. The van der Waals surface area contributed by atoms with Crippen molar-refractivity contribution in [3.05, 3.63) is 41.0 Å². The monoisotopic (exact) mass is 250 g/mol. The van der Waals surface area contributed by atoms with Crippen molar-refractivity contribution < 1.29 is 5.11 Å². The molecule has 0 saturated carbocycles. The molecule has 1 aromatic carbocycles. The Labute approximate surface area is 106 Å². The zero-order valence-corrected chi connectivity index (χ0v) is 10.6. The van der Waals surface area contributed by atoms with Crippen molar-refractivity contribution in [1.29, 1.82) is 0 Å². The second-order valence-corrected chi connectivity index (χ2v) is 4.63. The van der Waals surface area contributed by atoms with Crippen molar-refractivity contribution in [2.24, 2.45) is 0 Å². The minimum absolute atomic E-state index is 0.0139. The molecule has 17 heavy (non-hydrogen) atoms. The lowest BCUT2D eigenvalue weighted by atomic mass is 10.1. The lowest BCUT2D eigenvalue weighted by Crippen LogP contribution is -2.04. The standard InChI is InChI=1S/C13H15ClN2O/c1-9(2)16-13(5-6-15-16)11-7-10(8-17)3-4-12(11)14/h3-7,9,17H,8H2,1-2H3. The van der Waals surface area contributed by atoms with E-state index in [1.165, 1.54) is 0 Å². The maximum absolute atomic E-state index is 9.16. The molecule has 0 aliphatic rings. The van der Waals surface area contributed by atoms with Gasteiger partial charge in [-0.3, -0.25) is 4.68 Å². The predicted octanol–water partition coefficient (Wildman–Crippen LogP) is 3.28. The Morgan fingerprint density at radius 2 is 2.12 bits per heavy atom. The van der Waals surface area contributed by atoms with E-state index in [9.17, 15) is 0 Å². The summed E-state index contributed by atoms with van der Waals surface area (Å²) in [7, 11) is 0. The predicted molar refractivity (Wildman–Crippen MR) is 69.0 cm³/mol. The van der Waals surface area contributed by atoms with Crippen LogP contribution >= 0.6 is 11.6 Å². The summed E-state index contributed by atoms with van der Waals surface area (Å²) in [6.45, 7) is 4.15. The Morgan fingerprint density at radius 3 is 2.76 bits per heavy atom. The van der Waals surface area contributed by atoms with Gasteiger partial charge in [0.05, 0.1) is 12.3 Å². The first-order valence-corrected chi connectivity index (χ1v) is 5.94. The van der Waals surface area contributed by atoms with Gasteiger partial charge in [-0.15, -0.1) is 0 Å². The molecule has 0 saturated heterocycles. The highest BCUT2D eigenvalue weighted by Crippen LogP contribution is 2.30. The first kappa shape index (κ1) is 12.1. The van der Waals surface area contributed by atoms with Gasteiger partial charge in [-0.05, 0) is 37.6 Å². The number of aliphatic hydroxyl groups excluding tert-OH is 1.